The molecule has 2 fully saturated rings. The third kappa shape index (κ3) is 3.10. The number of nitrogens with zero attached hydrogens (tertiary/aromatic N) is 1. The van der Waals surface area contributed by atoms with E-state index in [0.717, 1.165) is 25.0 Å². The van der Waals surface area contributed by atoms with E-state index in [1.165, 1.54) is 6.07 Å². The van der Waals surface area contributed by atoms with Gasteiger partial charge in [-0.2, -0.15) is 0 Å². The second-order valence-electron chi connectivity index (χ2n) is 5.96. The molecular weight excluding hydrogens is 290 g/mol. The summed E-state index contributed by atoms with van der Waals surface area (Å²) < 4.78 is 27.1. The molecule has 0 bridgehead atoms. The SMILES string of the molecule is O=C(Nc1c(F)cccc1F)C1CCN(C(=O)C2CC2)CC1. The summed E-state index contributed by atoms with van der Waals surface area (Å²) in [7, 11) is 0. The van der Waals surface area contributed by atoms with Crippen molar-refractivity contribution in [2.45, 2.75) is 25.7 Å². The number of rotatable bonds is 3. The molecule has 1 N–H and O–H groups in total. The summed E-state index contributed by atoms with van der Waals surface area (Å²) in [6.07, 6.45) is 2.98. The molecule has 1 saturated carbocycles. The highest BCUT2D eigenvalue weighted by Crippen LogP contribution is 2.32. The highest BCUT2D eigenvalue weighted by atomic mass is 19.1. The highest BCUT2D eigenvalue weighted by molar-refractivity contribution is 5.93. The van der Waals surface area contributed by atoms with E-state index in [4.69, 9.17) is 0 Å². The minimum atomic E-state index is -0.783. The molecule has 1 aliphatic heterocycles. The Labute approximate surface area is 127 Å². The molecule has 0 unspecified atom stereocenters. The van der Waals surface area contributed by atoms with Crippen LogP contribution in [0.15, 0.2) is 18.2 Å². The first-order valence-corrected chi connectivity index (χ1v) is 7.60. The molecule has 0 spiro atoms. The zero-order valence-corrected chi connectivity index (χ0v) is 12.1. The van der Waals surface area contributed by atoms with E-state index in [1.807, 2.05) is 0 Å². The van der Waals surface area contributed by atoms with Gasteiger partial charge in [-0.1, -0.05) is 6.07 Å². The van der Waals surface area contributed by atoms with Crippen LogP contribution >= 0.6 is 0 Å². The van der Waals surface area contributed by atoms with Crippen LogP contribution in [0.1, 0.15) is 25.7 Å². The average Bonchev–Trinajstić information content (AvgIpc) is 3.35. The summed E-state index contributed by atoms with van der Waals surface area (Å²) in [5.41, 5.74) is -0.399. The monoisotopic (exact) mass is 308 g/mol. The predicted octanol–water partition coefficient (Wildman–Crippen LogP) is 2.55. The van der Waals surface area contributed by atoms with Crippen LogP contribution in [-0.4, -0.2) is 29.8 Å². The van der Waals surface area contributed by atoms with Crippen LogP contribution in [0.5, 0.6) is 0 Å². The Morgan fingerprint density at radius 1 is 1.00 bits per heavy atom. The average molecular weight is 308 g/mol. The van der Waals surface area contributed by atoms with E-state index in [9.17, 15) is 18.4 Å². The van der Waals surface area contributed by atoms with Crippen molar-refractivity contribution in [1.82, 2.24) is 4.90 Å². The van der Waals surface area contributed by atoms with Gasteiger partial charge >= 0.3 is 0 Å². The maximum absolute atomic E-state index is 13.5. The van der Waals surface area contributed by atoms with Crippen LogP contribution in [0, 0.1) is 23.5 Å². The fourth-order valence-electron chi connectivity index (χ4n) is 2.79. The van der Waals surface area contributed by atoms with Gasteiger partial charge in [-0.25, -0.2) is 8.78 Å². The molecule has 118 valence electrons. The molecule has 2 aliphatic rings. The van der Waals surface area contributed by atoms with Crippen LogP contribution in [0.4, 0.5) is 14.5 Å². The van der Waals surface area contributed by atoms with E-state index in [-0.39, 0.29) is 23.7 Å². The van der Waals surface area contributed by atoms with E-state index >= 15 is 0 Å². The highest BCUT2D eigenvalue weighted by Gasteiger charge is 2.36. The van der Waals surface area contributed by atoms with Crippen LogP contribution in [0.25, 0.3) is 0 Å². The molecule has 1 heterocycles. The van der Waals surface area contributed by atoms with Gasteiger partial charge in [0.1, 0.15) is 17.3 Å². The number of nitrogens with one attached hydrogen (secondary N) is 1. The van der Waals surface area contributed by atoms with Crippen molar-refractivity contribution in [3.05, 3.63) is 29.8 Å². The first kappa shape index (κ1) is 14.9. The number of likely N-dealkylation sites (tertiary alicyclic amines) is 1. The van der Waals surface area contributed by atoms with Gasteiger partial charge in [-0.3, -0.25) is 9.59 Å². The van der Waals surface area contributed by atoms with E-state index in [2.05, 4.69) is 5.32 Å². The molecule has 22 heavy (non-hydrogen) atoms. The normalized spacial score (nSPS) is 19.1. The molecule has 1 aliphatic carbocycles. The number of amides is 2. The van der Waals surface area contributed by atoms with E-state index in [0.29, 0.717) is 25.9 Å². The van der Waals surface area contributed by atoms with Crippen molar-refractivity contribution in [3.63, 3.8) is 0 Å². The van der Waals surface area contributed by atoms with Crippen LogP contribution < -0.4 is 5.32 Å². The lowest BCUT2D eigenvalue weighted by Crippen LogP contribution is -2.42. The smallest absolute Gasteiger partial charge is 0.227 e. The molecule has 1 saturated heterocycles. The standard InChI is InChI=1S/C16H18F2N2O2/c17-12-2-1-3-13(18)14(12)19-15(21)10-6-8-20(9-7-10)16(22)11-4-5-11/h1-3,10-11H,4-9H2,(H,19,21). The van der Waals surface area contributed by atoms with Crippen LogP contribution in [0.2, 0.25) is 0 Å². The Kier molecular flexibility index (Phi) is 4.09. The summed E-state index contributed by atoms with van der Waals surface area (Å²) >= 11 is 0. The van der Waals surface area contributed by atoms with Gasteiger partial charge in [0.15, 0.2) is 0 Å². The number of carbonyl (C=O) groups excluding carboxylic acids is 2. The quantitative estimate of drug-likeness (QED) is 0.933. The van der Waals surface area contributed by atoms with Gasteiger partial charge in [0, 0.05) is 24.9 Å². The zero-order chi connectivity index (χ0) is 15.7. The Morgan fingerprint density at radius 2 is 1.59 bits per heavy atom. The minimum Gasteiger partial charge on any atom is -0.342 e. The number of benzene rings is 1. The van der Waals surface area contributed by atoms with Gasteiger partial charge < -0.3 is 10.2 Å². The molecule has 3 rings (SSSR count). The second kappa shape index (κ2) is 6.02. The summed E-state index contributed by atoms with van der Waals surface area (Å²) in [5, 5.41) is 2.33. The van der Waals surface area contributed by atoms with Crippen molar-refractivity contribution in [1.29, 1.82) is 0 Å². The van der Waals surface area contributed by atoms with Crippen molar-refractivity contribution in [2.75, 3.05) is 18.4 Å². The van der Waals surface area contributed by atoms with E-state index in [1.54, 1.807) is 4.90 Å². The van der Waals surface area contributed by atoms with Crippen molar-refractivity contribution < 1.29 is 18.4 Å². The molecule has 2 amide bonds. The fraction of sp³-hybridized carbons (Fsp3) is 0.500. The second-order valence-corrected chi connectivity index (χ2v) is 5.96. The van der Waals surface area contributed by atoms with Crippen molar-refractivity contribution in [2.24, 2.45) is 11.8 Å². The summed E-state index contributed by atoms with van der Waals surface area (Å²) in [6, 6.07) is 3.47. The molecule has 0 atom stereocenters. The number of hydrogen-bond acceptors (Lipinski definition) is 2. The molecule has 0 radical (unpaired) electrons. The minimum absolute atomic E-state index is 0.179. The largest absolute Gasteiger partial charge is 0.342 e. The molecule has 1 aromatic rings. The Bertz CT molecular complexity index is 574. The van der Waals surface area contributed by atoms with Crippen LogP contribution in [0.3, 0.4) is 0 Å². The van der Waals surface area contributed by atoms with Gasteiger partial charge in [-0.15, -0.1) is 0 Å². The molecule has 4 nitrogen and oxygen atoms in total. The lowest BCUT2D eigenvalue weighted by Gasteiger charge is -2.31. The summed E-state index contributed by atoms with van der Waals surface area (Å²) in [4.78, 5) is 25.9. The fourth-order valence-corrected chi connectivity index (χ4v) is 2.79. The third-order valence-electron chi connectivity index (χ3n) is 4.31. The molecular formula is C16H18F2N2O2. The molecule has 1 aromatic carbocycles. The lowest BCUT2D eigenvalue weighted by molar-refractivity contribution is -0.135. The summed E-state index contributed by atoms with van der Waals surface area (Å²) in [5.74, 6) is -1.91. The topological polar surface area (TPSA) is 49.4 Å². The molecule has 0 aromatic heterocycles. The number of anilines is 1. The first-order valence-electron chi connectivity index (χ1n) is 7.60. The Balaban J connectivity index is 1.57. The first-order chi connectivity index (χ1) is 10.6. The molecule has 6 heteroatoms. The summed E-state index contributed by atoms with van der Waals surface area (Å²) in [6.45, 7) is 1.07. The number of carbonyl (C=O) groups is 2. The lowest BCUT2D eigenvalue weighted by atomic mass is 9.95. The Morgan fingerprint density at radius 3 is 2.14 bits per heavy atom. The van der Waals surface area contributed by atoms with Crippen molar-refractivity contribution in [3.8, 4) is 0 Å². The zero-order valence-electron chi connectivity index (χ0n) is 12.1. The maximum atomic E-state index is 13.5. The van der Waals surface area contributed by atoms with Crippen molar-refractivity contribution >= 4 is 17.5 Å². The van der Waals surface area contributed by atoms with Gasteiger partial charge in [-0.05, 0) is 37.8 Å². The van der Waals surface area contributed by atoms with Gasteiger partial charge in [0.05, 0.1) is 0 Å². The number of piperidine rings is 1. The van der Waals surface area contributed by atoms with Crippen LogP contribution in [-0.2, 0) is 9.59 Å². The Hall–Kier alpha value is -1.98. The maximum Gasteiger partial charge on any atom is 0.227 e. The number of halogens is 2. The van der Waals surface area contributed by atoms with Gasteiger partial charge in [0.2, 0.25) is 11.8 Å². The number of hydrogen-bond donors (Lipinski definition) is 1. The predicted molar refractivity (Wildman–Crippen MR) is 77.0 cm³/mol. The number of para-hydroxylation sites is 1. The third-order valence-corrected chi connectivity index (χ3v) is 4.31. The van der Waals surface area contributed by atoms with E-state index < -0.39 is 17.3 Å². The van der Waals surface area contributed by atoms with Gasteiger partial charge in [0.25, 0.3) is 0 Å².